The maximum atomic E-state index is 13.8. The van der Waals surface area contributed by atoms with E-state index in [0.717, 1.165) is 48.4 Å². The Morgan fingerprint density at radius 3 is 2.86 bits per heavy atom. The maximum Gasteiger partial charge on any atom is 0.228 e. The molecule has 1 aliphatic rings. The van der Waals surface area contributed by atoms with E-state index >= 15 is 0 Å². The summed E-state index contributed by atoms with van der Waals surface area (Å²) >= 11 is 0. The van der Waals surface area contributed by atoms with Gasteiger partial charge in [0.1, 0.15) is 17.5 Å². The van der Waals surface area contributed by atoms with Crippen LogP contribution in [-0.2, 0) is 18.4 Å². The highest BCUT2D eigenvalue weighted by Gasteiger charge is 2.27. The number of likely N-dealkylation sites (tertiary alicyclic amines) is 1. The van der Waals surface area contributed by atoms with Crippen LogP contribution in [0.15, 0.2) is 42.5 Å². The molecule has 28 heavy (non-hydrogen) atoms. The van der Waals surface area contributed by atoms with Gasteiger partial charge in [-0.1, -0.05) is 12.1 Å². The average Bonchev–Trinajstić information content (AvgIpc) is 3.00. The zero-order valence-electron chi connectivity index (χ0n) is 15.7. The number of aromatic nitrogens is 2. The normalized spacial score (nSPS) is 17.8. The van der Waals surface area contributed by atoms with Crippen LogP contribution in [0.3, 0.4) is 0 Å². The van der Waals surface area contributed by atoms with Crippen molar-refractivity contribution in [2.45, 2.75) is 19.4 Å². The van der Waals surface area contributed by atoms with Gasteiger partial charge >= 0.3 is 0 Å². The molecule has 4 rings (SSSR count). The van der Waals surface area contributed by atoms with Crippen LogP contribution in [0, 0.1) is 17.6 Å². The molecule has 1 atom stereocenters. The van der Waals surface area contributed by atoms with Crippen molar-refractivity contribution in [3.63, 3.8) is 0 Å². The molecule has 1 fully saturated rings. The van der Waals surface area contributed by atoms with Gasteiger partial charge in [-0.2, -0.15) is 0 Å². The quantitative estimate of drug-likeness (QED) is 0.746. The van der Waals surface area contributed by atoms with Crippen molar-refractivity contribution in [1.29, 1.82) is 0 Å². The summed E-state index contributed by atoms with van der Waals surface area (Å²) < 4.78 is 28.9. The first-order valence-corrected chi connectivity index (χ1v) is 9.40. The van der Waals surface area contributed by atoms with E-state index in [2.05, 4.69) is 14.8 Å². The number of nitrogens with zero attached hydrogens (tertiary/aromatic N) is 3. The predicted molar refractivity (Wildman–Crippen MR) is 104 cm³/mol. The van der Waals surface area contributed by atoms with Gasteiger partial charge in [0, 0.05) is 19.7 Å². The zero-order valence-corrected chi connectivity index (χ0v) is 15.7. The largest absolute Gasteiger partial charge is 0.330 e. The number of nitrogens with one attached hydrogen (secondary N) is 1. The molecule has 1 amide bonds. The third-order valence-electron chi connectivity index (χ3n) is 5.31. The monoisotopic (exact) mass is 384 g/mol. The highest BCUT2D eigenvalue weighted by Crippen LogP contribution is 2.23. The van der Waals surface area contributed by atoms with Gasteiger partial charge < -0.3 is 9.88 Å². The van der Waals surface area contributed by atoms with E-state index in [1.54, 1.807) is 0 Å². The van der Waals surface area contributed by atoms with Crippen LogP contribution in [0.1, 0.15) is 18.7 Å². The number of imidazole rings is 1. The minimum absolute atomic E-state index is 0.0128. The van der Waals surface area contributed by atoms with Gasteiger partial charge in [0.05, 0.1) is 29.2 Å². The minimum atomic E-state index is -0.763. The van der Waals surface area contributed by atoms with Crippen molar-refractivity contribution in [3.8, 4) is 0 Å². The van der Waals surface area contributed by atoms with Crippen molar-refractivity contribution < 1.29 is 13.6 Å². The minimum Gasteiger partial charge on any atom is -0.330 e. The summed E-state index contributed by atoms with van der Waals surface area (Å²) in [6.07, 6.45) is 1.63. The molecule has 0 radical (unpaired) electrons. The summed E-state index contributed by atoms with van der Waals surface area (Å²) in [6.45, 7) is 2.12. The summed E-state index contributed by atoms with van der Waals surface area (Å²) in [6, 6.07) is 11.1. The van der Waals surface area contributed by atoms with E-state index in [1.165, 1.54) is 6.07 Å². The van der Waals surface area contributed by atoms with Crippen LogP contribution in [0.2, 0.25) is 0 Å². The van der Waals surface area contributed by atoms with Crippen LogP contribution in [0.5, 0.6) is 0 Å². The Balaban J connectivity index is 1.43. The SMILES string of the molecule is Cn1c(CN2CCC[C@@H](C(=O)Nc3ccc(F)cc3F)C2)nc2ccccc21. The first-order valence-electron chi connectivity index (χ1n) is 9.40. The Morgan fingerprint density at radius 1 is 1.25 bits per heavy atom. The molecule has 0 saturated carbocycles. The lowest BCUT2D eigenvalue weighted by Gasteiger charge is -2.31. The van der Waals surface area contributed by atoms with Crippen molar-refractivity contribution in [1.82, 2.24) is 14.5 Å². The molecule has 2 heterocycles. The molecule has 0 spiro atoms. The van der Waals surface area contributed by atoms with Crippen molar-refractivity contribution in [2.24, 2.45) is 13.0 Å². The van der Waals surface area contributed by atoms with Crippen LogP contribution in [0.25, 0.3) is 11.0 Å². The second kappa shape index (κ2) is 7.67. The van der Waals surface area contributed by atoms with Gasteiger partial charge in [0.25, 0.3) is 0 Å². The number of hydrogen-bond donors (Lipinski definition) is 1. The molecule has 0 aliphatic carbocycles. The molecule has 1 aliphatic heterocycles. The number of carbonyl (C=O) groups is 1. The van der Waals surface area contributed by atoms with E-state index < -0.39 is 11.6 Å². The second-order valence-corrected chi connectivity index (χ2v) is 7.26. The fourth-order valence-corrected chi connectivity index (χ4v) is 3.78. The molecule has 5 nitrogen and oxygen atoms in total. The number of hydrogen-bond acceptors (Lipinski definition) is 3. The third-order valence-corrected chi connectivity index (χ3v) is 5.31. The number of anilines is 1. The highest BCUT2D eigenvalue weighted by molar-refractivity contribution is 5.92. The van der Waals surface area contributed by atoms with Crippen LogP contribution >= 0.6 is 0 Å². The number of benzene rings is 2. The number of rotatable bonds is 4. The molecule has 1 saturated heterocycles. The van der Waals surface area contributed by atoms with Gasteiger partial charge in [0.15, 0.2) is 0 Å². The molecule has 146 valence electrons. The maximum absolute atomic E-state index is 13.8. The summed E-state index contributed by atoms with van der Waals surface area (Å²) in [5.41, 5.74) is 2.05. The standard InChI is InChI=1S/C21H22F2N4O/c1-26-19-7-3-2-6-18(19)24-20(26)13-27-10-4-5-14(12-27)21(28)25-17-9-8-15(22)11-16(17)23/h2-3,6-9,11,14H,4-5,10,12-13H2,1H3,(H,25,28)/t14-/m1/s1. The summed E-state index contributed by atoms with van der Waals surface area (Å²) in [5.74, 6) is -0.956. The summed E-state index contributed by atoms with van der Waals surface area (Å²) in [7, 11) is 2.00. The van der Waals surface area contributed by atoms with Crippen LogP contribution in [-0.4, -0.2) is 33.4 Å². The van der Waals surface area contributed by atoms with Gasteiger partial charge in [-0.25, -0.2) is 13.8 Å². The first-order chi connectivity index (χ1) is 13.5. The lowest BCUT2D eigenvalue weighted by Crippen LogP contribution is -2.40. The number of carbonyl (C=O) groups excluding carboxylic acids is 1. The molecule has 0 unspecified atom stereocenters. The lowest BCUT2D eigenvalue weighted by molar-refractivity contribution is -0.121. The molecular formula is C21H22F2N4O. The van der Waals surface area contributed by atoms with Gasteiger partial charge in [-0.05, 0) is 43.7 Å². The zero-order chi connectivity index (χ0) is 19.7. The molecule has 1 N–H and O–H groups in total. The number of aryl methyl sites for hydroxylation is 1. The molecule has 3 aromatic rings. The smallest absolute Gasteiger partial charge is 0.228 e. The topological polar surface area (TPSA) is 50.2 Å². The number of fused-ring (bicyclic) bond motifs is 1. The van der Waals surface area contributed by atoms with Crippen molar-refractivity contribution in [2.75, 3.05) is 18.4 Å². The van der Waals surface area contributed by atoms with Crippen molar-refractivity contribution in [3.05, 3.63) is 59.9 Å². The van der Waals surface area contributed by atoms with Crippen LogP contribution in [0.4, 0.5) is 14.5 Å². The van der Waals surface area contributed by atoms with Gasteiger partial charge in [-0.3, -0.25) is 9.69 Å². The molecule has 2 aromatic carbocycles. The Morgan fingerprint density at radius 2 is 2.07 bits per heavy atom. The van der Waals surface area contributed by atoms with Gasteiger partial charge in [-0.15, -0.1) is 0 Å². The van der Waals surface area contributed by atoms with E-state index in [-0.39, 0.29) is 17.5 Å². The molecular weight excluding hydrogens is 362 g/mol. The second-order valence-electron chi connectivity index (χ2n) is 7.26. The van der Waals surface area contributed by atoms with E-state index in [1.807, 2.05) is 31.3 Å². The number of piperidine rings is 1. The van der Waals surface area contributed by atoms with Crippen molar-refractivity contribution >= 4 is 22.6 Å². The Labute approximate surface area is 162 Å². The number of amides is 1. The summed E-state index contributed by atoms with van der Waals surface area (Å²) in [4.78, 5) is 19.5. The lowest BCUT2D eigenvalue weighted by atomic mass is 9.97. The van der Waals surface area contributed by atoms with Crippen LogP contribution < -0.4 is 5.32 Å². The van der Waals surface area contributed by atoms with E-state index in [0.29, 0.717) is 13.1 Å². The fourth-order valence-electron chi connectivity index (χ4n) is 3.78. The molecule has 7 heteroatoms. The Hall–Kier alpha value is -2.80. The Kier molecular flexibility index (Phi) is 5.09. The Bertz CT molecular complexity index is 1020. The average molecular weight is 384 g/mol. The molecule has 1 aromatic heterocycles. The predicted octanol–water partition coefficient (Wildman–Crippen LogP) is 3.70. The highest BCUT2D eigenvalue weighted by atomic mass is 19.1. The summed E-state index contributed by atoms with van der Waals surface area (Å²) in [5, 5.41) is 2.60. The fraction of sp³-hybridized carbons (Fsp3) is 0.333. The van der Waals surface area contributed by atoms with Gasteiger partial charge in [0.2, 0.25) is 5.91 Å². The number of para-hydroxylation sites is 2. The van der Waals surface area contributed by atoms with E-state index in [9.17, 15) is 13.6 Å². The third kappa shape index (κ3) is 3.75. The molecule has 0 bridgehead atoms. The first kappa shape index (κ1) is 18.6. The van der Waals surface area contributed by atoms with E-state index in [4.69, 9.17) is 4.98 Å². The number of halogens is 2.